The highest BCUT2D eigenvalue weighted by atomic mass is 32.1. The average molecular weight is 381 g/mol. The van der Waals surface area contributed by atoms with Crippen molar-refractivity contribution in [3.63, 3.8) is 0 Å². The Balaban J connectivity index is 1.30. The third kappa shape index (κ3) is 3.03. The molecule has 0 spiro atoms. The van der Waals surface area contributed by atoms with Crippen LogP contribution in [-0.2, 0) is 23.2 Å². The monoisotopic (exact) mass is 380 g/mol. The van der Waals surface area contributed by atoms with E-state index in [2.05, 4.69) is 51.6 Å². The van der Waals surface area contributed by atoms with E-state index in [0.717, 1.165) is 51.9 Å². The fourth-order valence-corrected chi connectivity index (χ4v) is 6.43. The minimum Gasteiger partial charge on any atom is -0.340 e. The van der Waals surface area contributed by atoms with Crippen LogP contribution < -0.4 is 0 Å². The zero-order valence-electron chi connectivity index (χ0n) is 15.9. The Hall–Kier alpha value is -1.65. The summed E-state index contributed by atoms with van der Waals surface area (Å²) in [4.78, 5) is 19.7. The Morgan fingerprint density at radius 2 is 1.85 bits per heavy atom. The molecule has 1 aromatic heterocycles. The largest absolute Gasteiger partial charge is 0.340 e. The van der Waals surface area contributed by atoms with E-state index in [-0.39, 0.29) is 5.41 Å². The van der Waals surface area contributed by atoms with E-state index in [1.54, 1.807) is 11.3 Å². The SMILES string of the molecule is O=C(N1CCC(N2CCc3ccccc3C2)C1)C1(c2cccs2)CCCC1. The molecule has 1 atom stereocenters. The molecular weight excluding hydrogens is 352 g/mol. The van der Waals surface area contributed by atoms with Crippen LogP contribution in [0.1, 0.15) is 48.1 Å². The van der Waals surface area contributed by atoms with E-state index in [1.165, 1.54) is 28.8 Å². The second-order valence-corrected chi connectivity index (χ2v) is 9.40. The Morgan fingerprint density at radius 3 is 2.63 bits per heavy atom. The van der Waals surface area contributed by atoms with Crippen LogP contribution in [0.4, 0.5) is 0 Å². The lowest BCUT2D eigenvalue weighted by Crippen LogP contribution is -2.46. The van der Waals surface area contributed by atoms with E-state index in [4.69, 9.17) is 0 Å². The number of amides is 1. The normalized spacial score (nSPS) is 24.9. The summed E-state index contributed by atoms with van der Waals surface area (Å²) < 4.78 is 0. The van der Waals surface area contributed by atoms with Crippen LogP contribution in [0, 0.1) is 0 Å². The maximum atomic E-state index is 13.6. The smallest absolute Gasteiger partial charge is 0.234 e. The zero-order valence-corrected chi connectivity index (χ0v) is 16.7. The van der Waals surface area contributed by atoms with Gasteiger partial charge < -0.3 is 4.90 Å². The molecule has 2 aliphatic heterocycles. The van der Waals surface area contributed by atoms with Crippen molar-refractivity contribution in [3.05, 3.63) is 57.8 Å². The molecule has 1 unspecified atom stereocenters. The Bertz CT molecular complexity index is 810. The van der Waals surface area contributed by atoms with E-state index >= 15 is 0 Å². The number of fused-ring (bicyclic) bond motifs is 1. The standard InChI is InChI=1S/C23H28N2OS/c26-22(23(11-3-4-12-23)21-8-5-15-27-21)25-14-10-20(17-25)24-13-9-18-6-1-2-7-19(18)16-24/h1-2,5-8,15,20H,3-4,9-14,16-17H2. The van der Waals surface area contributed by atoms with Gasteiger partial charge in [-0.3, -0.25) is 9.69 Å². The topological polar surface area (TPSA) is 23.6 Å². The van der Waals surface area contributed by atoms with Crippen molar-refractivity contribution < 1.29 is 4.79 Å². The molecule has 3 heterocycles. The first-order valence-electron chi connectivity index (χ1n) is 10.4. The van der Waals surface area contributed by atoms with Gasteiger partial charge in [-0.1, -0.05) is 43.2 Å². The van der Waals surface area contributed by atoms with E-state index in [9.17, 15) is 4.79 Å². The molecule has 27 heavy (non-hydrogen) atoms. The molecule has 0 N–H and O–H groups in total. The van der Waals surface area contributed by atoms with Gasteiger partial charge in [-0.15, -0.1) is 11.3 Å². The van der Waals surface area contributed by atoms with Gasteiger partial charge in [0.2, 0.25) is 5.91 Å². The molecule has 3 nitrogen and oxygen atoms in total. The molecule has 1 aliphatic carbocycles. The third-order valence-electron chi connectivity index (χ3n) is 6.99. The molecule has 0 bridgehead atoms. The highest BCUT2D eigenvalue weighted by Crippen LogP contribution is 2.45. The van der Waals surface area contributed by atoms with Crippen LogP contribution >= 0.6 is 11.3 Å². The predicted molar refractivity (Wildman–Crippen MR) is 110 cm³/mol. The number of rotatable bonds is 3. The van der Waals surface area contributed by atoms with Gasteiger partial charge in [0.1, 0.15) is 0 Å². The van der Waals surface area contributed by atoms with Crippen LogP contribution in [0.5, 0.6) is 0 Å². The Kier molecular flexibility index (Phi) is 4.57. The lowest BCUT2D eigenvalue weighted by Gasteiger charge is -2.35. The quantitative estimate of drug-likeness (QED) is 0.796. The molecule has 2 fully saturated rings. The fourth-order valence-electron chi connectivity index (χ4n) is 5.45. The Labute approximate surface area is 166 Å². The van der Waals surface area contributed by atoms with Crippen LogP contribution in [0.15, 0.2) is 41.8 Å². The molecule has 0 radical (unpaired) electrons. The summed E-state index contributed by atoms with van der Waals surface area (Å²) in [5.74, 6) is 0.405. The summed E-state index contributed by atoms with van der Waals surface area (Å²) in [6, 6.07) is 13.6. The molecule has 5 rings (SSSR count). The lowest BCUT2D eigenvalue weighted by atomic mass is 9.83. The molecule has 4 heteroatoms. The van der Waals surface area contributed by atoms with E-state index in [1.807, 2.05) is 0 Å². The summed E-state index contributed by atoms with van der Waals surface area (Å²) in [7, 11) is 0. The molecule has 1 saturated heterocycles. The second kappa shape index (κ2) is 7.06. The number of carbonyl (C=O) groups is 1. The van der Waals surface area contributed by atoms with Crippen molar-refractivity contribution in [1.82, 2.24) is 9.80 Å². The maximum Gasteiger partial charge on any atom is 0.234 e. The number of hydrogen-bond donors (Lipinski definition) is 0. The molecule has 142 valence electrons. The number of benzene rings is 1. The highest BCUT2D eigenvalue weighted by molar-refractivity contribution is 7.10. The van der Waals surface area contributed by atoms with E-state index in [0.29, 0.717) is 11.9 Å². The van der Waals surface area contributed by atoms with Gasteiger partial charge in [-0.2, -0.15) is 0 Å². The van der Waals surface area contributed by atoms with Crippen LogP contribution in [0.3, 0.4) is 0 Å². The highest BCUT2D eigenvalue weighted by Gasteiger charge is 2.47. The summed E-state index contributed by atoms with van der Waals surface area (Å²) in [5, 5.41) is 2.13. The molecule has 2 aromatic rings. The molecule has 1 saturated carbocycles. The number of carbonyl (C=O) groups excluding carboxylic acids is 1. The van der Waals surface area contributed by atoms with Gasteiger partial charge in [-0.05, 0) is 48.3 Å². The summed E-state index contributed by atoms with van der Waals surface area (Å²) in [6.07, 6.45) is 6.69. The fraction of sp³-hybridized carbons (Fsp3) is 0.522. The first-order valence-corrected chi connectivity index (χ1v) is 11.3. The van der Waals surface area contributed by atoms with Gasteiger partial charge in [0.05, 0.1) is 5.41 Å². The summed E-state index contributed by atoms with van der Waals surface area (Å²) >= 11 is 1.77. The first kappa shape index (κ1) is 17.4. The first-order chi connectivity index (χ1) is 13.3. The van der Waals surface area contributed by atoms with Crippen molar-refractivity contribution in [2.75, 3.05) is 19.6 Å². The minimum atomic E-state index is -0.225. The minimum absolute atomic E-state index is 0.225. The zero-order chi connectivity index (χ0) is 18.3. The molecule has 1 amide bonds. The van der Waals surface area contributed by atoms with Crippen molar-refractivity contribution in [1.29, 1.82) is 0 Å². The molecule has 1 aromatic carbocycles. The maximum absolute atomic E-state index is 13.6. The number of hydrogen-bond acceptors (Lipinski definition) is 3. The second-order valence-electron chi connectivity index (χ2n) is 8.45. The third-order valence-corrected chi connectivity index (χ3v) is 8.06. The molecule has 3 aliphatic rings. The van der Waals surface area contributed by atoms with Crippen LogP contribution in [0.25, 0.3) is 0 Å². The van der Waals surface area contributed by atoms with Gasteiger partial charge >= 0.3 is 0 Å². The number of nitrogens with zero attached hydrogens (tertiary/aromatic N) is 2. The summed E-state index contributed by atoms with van der Waals surface area (Å²) in [6.45, 7) is 4.00. The van der Waals surface area contributed by atoms with E-state index < -0.39 is 0 Å². The van der Waals surface area contributed by atoms with Crippen molar-refractivity contribution in [2.45, 2.75) is 56.5 Å². The van der Waals surface area contributed by atoms with Crippen molar-refractivity contribution in [3.8, 4) is 0 Å². The van der Waals surface area contributed by atoms with Crippen LogP contribution in [0.2, 0.25) is 0 Å². The van der Waals surface area contributed by atoms with Crippen LogP contribution in [-0.4, -0.2) is 41.4 Å². The predicted octanol–water partition coefficient (Wildman–Crippen LogP) is 4.22. The Morgan fingerprint density at radius 1 is 1.04 bits per heavy atom. The van der Waals surface area contributed by atoms with Gasteiger partial charge in [0.15, 0.2) is 0 Å². The number of thiophene rings is 1. The van der Waals surface area contributed by atoms with Gasteiger partial charge in [-0.25, -0.2) is 0 Å². The van der Waals surface area contributed by atoms with Crippen molar-refractivity contribution >= 4 is 17.2 Å². The van der Waals surface area contributed by atoms with Gasteiger partial charge in [0.25, 0.3) is 0 Å². The average Bonchev–Trinajstić information content (AvgIpc) is 3.48. The molecular formula is C23H28N2OS. The summed E-state index contributed by atoms with van der Waals surface area (Å²) in [5.41, 5.74) is 2.75. The van der Waals surface area contributed by atoms with Gasteiger partial charge in [0, 0.05) is 37.1 Å². The number of likely N-dealkylation sites (tertiary alicyclic amines) is 1. The lowest BCUT2D eigenvalue weighted by molar-refractivity contribution is -0.136. The van der Waals surface area contributed by atoms with Crippen molar-refractivity contribution in [2.24, 2.45) is 0 Å².